The molecule has 176 valence electrons. The van der Waals surface area contributed by atoms with Crippen LogP contribution in [0, 0.1) is 0 Å². The molecule has 2 atom stereocenters. The van der Waals surface area contributed by atoms with Gasteiger partial charge in [0.05, 0.1) is 13.2 Å². The first-order valence-corrected chi connectivity index (χ1v) is 13.4. The first-order chi connectivity index (χ1) is 16.2. The molecule has 0 spiro atoms. The fraction of sp³-hybridized carbons (Fsp3) is 0.286. The van der Waals surface area contributed by atoms with Gasteiger partial charge in [-0.1, -0.05) is 81.4 Å². The van der Waals surface area contributed by atoms with Crippen molar-refractivity contribution in [2.24, 2.45) is 0 Å². The standard InChI is InChI=1S/C28H31NO4Si/c1-20(25-26(30)27(31)29(25)21-16-18-22(32-5)19-17-21)33-34(28(2,3)4,23-12-8-6-9-13-23)24-14-10-7-11-15-24/h6-20,25H,1-5H3/t20-,25+/m0/s1. The van der Waals surface area contributed by atoms with Crippen molar-refractivity contribution in [2.75, 3.05) is 12.0 Å². The number of methoxy groups -OCH3 is 1. The summed E-state index contributed by atoms with van der Waals surface area (Å²) < 4.78 is 12.3. The zero-order chi connectivity index (χ0) is 24.5. The van der Waals surface area contributed by atoms with Crippen LogP contribution < -0.4 is 20.0 Å². The number of amides is 1. The fourth-order valence-electron chi connectivity index (χ4n) is 4.90. The van der Waals surface area contributed by atoms with E-state index in [0.717, 1.165) is 10.4 Å². The van der Waals surface area contributed by atoms with E-state index in [2.05, 4.69) is 45.0 Å². The molecule has 1 aliphatic rings. The summed E-state index contributed by atoms with van der Waals surface area (Å²) in [4.78, 5) is 27.0. The number of carbonyl (C=O) groups excluding carboxylic acids is 2. The summed E-state index contributed by atoms with van der Waals surface area (Å²) in [5.74, 6) is -0.231. The number of β-lactam (4-membered cyclic amide) rings is 1. The Balaban J connectivity index is 1.77. The number of ketones is 1. The summed E-state index contributed by atoms with van der Waals surface area (Å²) in [5, 5.41) is 2.04. The number of nitrogens with zero attached hydrogens (tertiary/aromatic N) is 1. The molecular weight excluding hydrogens is 442 g/mol. The molecular formula is C28H31NO4Si. The van der Waals surface area contributed by atoms with Crippen molar-refractivity contribution in [3.05, 3.63) is 84.9 Å². The van der Waals surface area contributed by atoms with Gasteiger partial charge in [0.15, 0.2) is 0 Å². The van der Waals surface area contributed by atoms with Crippen molar-refractivity contribution in [3.63, 3.8) is 0 Å². The summed E-state index contributed by atoms with van der Waals surface area (Å²) in [6.45, 7) is 8.49. The van der Waals surface area contributed by atoms with Gasteiger partial charge in [0, 0.05) is 5.69 Å². The zero-order valence-electron chi connectivity index (χ0n) is 20.3. The summed E-state index contributed by atoms with van der Waals surface area (Å²) in [6.07, 6.45) is -0.501. The van der Waals surface area contributed by atoms with Gasteiger partial charge in [-0.3, -0.25) is 14.5 Å². The SMILES string of the molecule is COc1ccc(N2C(=O)C(=O)[C@H]2[C@H](C)O[Si](c2ccccc2)(c2ccccc2)C(C)(C)C)cc1. The van der Waals surface area contributed by atoms with Crippen molar-refractivity contribution in [2.45, 2.75) is 44.9 Å². The Hall–Kier alpha value is -3.22. The van der Waals surface area contributed by atoms with E-state index < -0.39 is 32.2 Å². The van der Waals surface area contributed by atoms with Gasteiger partial charge in [0.2, 0.25) is 5.78 Å². The van der Waals surface area contributed by atoms with Crippen LogP contribution in [0.25, 0.3) is 0 Å². The van der Waals surface area contributed by atoms with E-state index in [9.17, 15) is 9.59 Å². The Bertz CT molecular complexity index is 1120. The van der Waals surface area contributed by atoms with Crippen molar-refractivity contribution in [1.82, 2.24) is 0 Å². The van der Waals surface area contributed by atoms with Crippen molar-refractivity contribution >= 4 is 36.1 Å². The fourth-order valence-corrected chi connectivity index (χ4v) is 9.60. The summed E-state index contributed by atoms with van der Waals surface area (Å²) >= 11 is 0. The minimum atomic E-state index is -2.86. The zero-order valence-corrected chi connectivity index (χ0v) is 21.3. The number of ether oxygens (including phenoxy) is 1. The van der Waals surface area contributed by atoms with E-state index in [4.69, 9.17) is 9.16 Å². The summed E-state index contributed by atoms with van der Waals surface area (Å²) in [7, 11) is -1.27. The topological polar surface area (TPSA) is 55.8 Å². The maximum absolute atomic E-state index is 12.8. The molecule has 3 aromatic carbocycles. The minimum absolute atomic E-state index is 0.230. The molecule has 0 aliphatic carbocycles. The molecule has 1 aliphatic heterocycles. The number of carbonyl (C=O) groups is 2. The monoisotopic (exact) mass is 473 g/mol. The molecule has 3 aromatic rings. The predicted molar refractivity (Wildman–Crippen MR) is 137 cm³/mol. The van der Waals surface area contributed by atoms with Gasteiger partial charge in [-0.25, -0.2) is 0 Å². The lowest BCUT2D eigenvalue weighted by Gasteiger charge is -2.48. The second kappa shape index (κ2) is 9.20. The number of rotatable bonds is 7. The van der Waals surface area contributed by atoms with Crippen LogP contribution in [0.15, 0.2) is 84.9 Å². The lowest BCUT2D eigenvalue weighted by molar-refractivity contribution is -0.145. The maximum Gasteiger partial charge on any atom is 0.297 e. The van der Waals surface area contributed by atoms with Gasteiger partial charge in [0.25, 0.3) is 14.2 Å². The minimum Gasteiger partial charge on any atom is -0.497 e. The van der Waals surface area contributed by atoms with Crippen LogP contribution in [-0.2, 0) is 14.0 Å². The molecule has 1 amide bonds. The van der Waals surface area contributed by atoms with Crippen molar-refractivity contribution in [3.8, 4) is 5.75 Å². The highest BCUT2D eigenvalue weighted by Crippen LogP contribution is 2.39. The quantitative estimate of drug-likeness (QED) is 0.296. The van der Waals surface area contributed by atoms with Gasteiger partial charge in [-0.2, -0.15) is 0 Å². The van der Waals surface area contributed by atoms with E-state index in [1.807, 2.05) is 43.3 Å². The average molecular weight is 474 g/mol. The molecule has 34 heavy (non-hydrogen) atoms. The average Bonchev–Trinajstić information content (AvgIpc) is 2.85. The Morgan fingerprint density at radius 1 is 0.824 bits per heavy atom. The van der Waals surface area contributed by atoms with Gasteiger partial charge < -0.3 is 9.16 Å². The van der Waals surface area contributed by atoms with E-state index in [1.54, 1.807) is 36.3 Å². The molecule has 4 rings (SSSR count). The Morgan fingerprint density at radius 3 is 1.76 bits per heavy atom. The lowest BCUT2D eigenvalue weighted by atomic mass is 9.94. The van der Waals surface area contributed by atoms with Crippen molar-refractivity contribution < 1.29 is 18.8 Å². The highest BCUT2D eigenvalue weighted by Gasteiger charge is 2.56. The molecule has 0 saturated carbocycles. The Morgan fingerprint density at radius 2 is 1.32 bits per heavy atom. The van der Waals surface area contributed by atoms with E-state index in [0.29, 0.717) is 11.4 Å². The molecule has 6 heteroatoms. The van der Waals surface area contributed by atoms with Gasteiger partial charge in [-0.15, -0.1) is 0 Å². The van der Waals surface area contributed by atoms with Gasteiger partial charge in [0.1, 0.15) is 11.8 Å². The number of hydrogen-bond donors (Lipinski definition) is 0. The van der Waals surface area contributed by atoms with Crippen LogP contribution in [0.3, 0.4) is 0 Å². The molecule has 1 fully saturated rings. The molecule has 0 radical (unpaired) electrons. The van der Waals surface area contributed by atoms with Crippen LogP contribution in [-0.4, -0.2) is 39.3 Å². The number of Topliss-reactive ketones (excluding diaryl/α,β-unsaturated/α-hetero) is 1. The molecule has 0 bridgehead atoms. The third kappa shape index (κ3) is 3.97. The van der Waals surface area contributed by atoms with Crippen LogP contribution in [0.5, 0.6) is 5.75 Å². The molecule has 1 saturated heterocycles. The van der Waals surface area contributed by atoms with Crippen LogP contribution >= 0.6 is 0 Å². The van der Waals surface area contributed by atoms with Gasteiger partial charge in [-0.05, 0) is 46.6 Å². The third-order valence-corrected chi connectivity index (χ3v) is 11.7. The molecule has 0 N–H and O–H groups in total. The molecule has 1 heterocycles. The third-order valence-electron chi connectivity index (χ3n) is 6.55. The maximum atomic E-state index is 12.8. The van der Waals surface area contributed by atoms with E-state index >= 15 is 0 Å². The highest BCUT2D eigenvalue weighted by molar-refractivity contribution is 6.99. The number of benzene rings is 3. The van der Waals surface area contributed by atoms with Crippen LogP contribution in [0.4, 0.5) is 5.69 Å². The molecule has 0 unspecified atom stereocenters. The lowest BCUT2D eigenvalue weighted by Crippen LogP contribution is -2.72. The van der Waals surface area contributed by atoms with Crippen molar-refractivity contribution in [1.29, 1.82) is 0 Å². The second-order valence-corrected chi connectivity index (χ2v) is 13.9. The van der Waals surface area contributed by atoms with Gasteiger partial charge >= 0.3 is 0 Å². The van der Waals surface area contributed by atoms with Crippen LogP contribution in [0.1, 0.15) is 27.7 Å². The molecule has 0 aromatic heterocycles. The largest absolute Gasteiger partial charge is 0.497 e. The van der Waals surface area contributed by atoms with Crippen LogP contribution in [0.2, 0.25) is 5.04 Å². The normalized spacial score (nSPS) is 17.3. The number of hydrogen-bond acceptors (Lipinski definition) is 4. The predicted octanol–water partition coefficient (Wildman–Crippen LogP) is 3.94. The first-order valence-electron chi connectivity index (χ1n) is 11.5. The summed E-state index contributed by atoms with van der Waals surface area (Å²) in [5.41, 5.74) is 0.660. The number of anilines is 1. The van der Waals surface area contributed by atoms with E-state index in [-0.39, 0.29) is 5.04 Å². The van der Waals surface area contributed by atoms with E-state index in [1.165, 1.54) is 0 Å². The first kappa shape index (κ1) is 23.9. The second-order valence-electron chi connectivity index (χ2n) is 9.67. The summed E-state index contributed by atoms with van der Waals surface area (Å²) in [6, 6.07) is 27.1. The highest BCUT2D eigenvalue weighted by atomic mass is 28.4. The molecule has 5 nitrogen and oxygen atoms in total. The Labute approximate surface area is 202 Å². The Kier molecular flexibility index (Phi) is 6.47. The smallest absolute Gasteiger partial charge is 0.297 e.